The Balaban J connectivity index is 1.69. The van der Waals surface area contributed by atoms with Crippen LogP contribution in [0.1, 0.15) is 11.1 Å². The largest absolute Gasteiger partial charge is 0.283 e. The van der Waals surface area contributed by atoms with Crippen LogP contribution in [0.25, 0.3) is 17.1 Å². The normalized spacial score (nSPS) is 10.9. The van der Waals surface area contributed by atoms with Crippen LogP contribution < -0.4 is 0 Å². The third-order valence-corrected chi connectivity index (χ3v) is 5.39. The van der Waals surface area contributed by atoms with Crippen LogP contribution in [0.2, 0.25) is 5.02 Å². The highest BCUT2D eigenvalue weighted by Gasteiger charge is 2.15. The summed E-state index contributed by atoms with van der Waals surface area (Å²) in [5.74, 6) is 0.731. The number of nitrogens with zero attached hydrogens (tertiary/aromatic N) is 6. The van der Waals surface area contributed by atoms with Crippen LogP contribution in [-0.4, -0.2) is 31.3 Å². The predicted molar refractivity (Wildman–Crippen MR) is 123 cm³/mol. The van der Waals surface area contributed by atoms with Gasteiger partial charge in [-0.25, -0.2) is 4.68 Å². The fraction of sp³-hybridized carbons (Fsp3) is 0.130. The van der Waals surface area contributed by atoms with E-state index in [0.717, 1.165) is 22.6 Å². The molecule has 0 aliphatic rings. The van der Waals surface area contributed by atoms with Crippen molar-refractivity contribution in [1.82, 2.24) is 24.2 Å². The van der Waals surface area contributed by atoms with E-state index in [9.17, 15) is 0 Å². The summed E-state index contributed by atoms with van der Waals surface area (Å²) in [4.78, 5) is 6.20. The van der Waals surface area contributed by atoms with E-state index in [1.165, 1.54) is 0 Å². The summed E-state index contributed by atoms with van der Waals surface area (Å²) in [5, 5.41) is 14.6. The summed E-state index contributed by atoms with van der Waals surface area (Å²) in [6.07, 6.45) is 3.47. The first-order valence-electron chi connectivity index (χ1n) is 9.59. The molecule has 0 radical (unpaired) electrons. The standard InChI is InChI=1S/C23H19ClN6S/c1-28(15-18-4-2-3-17(13-18)14-25)16-29-23(31)30(21-7-5-20(24)6-8-21)22(27-29)19-9-11-26-12-10-19/h2-13H,15-16H2,1H3. The molecule has 2 aromatic carbocycles. The molecule has 6 nitrogen and oxygen atoms in total. The molecule has 0 amide bonds. The van der Waals surface area contributed by atoms with E-state index in [2.05, 4.69) is 16.0 Å². The maximum absolute atomic E-state index is 9.13. The van der Waals surface area contributed by atoms with Crippen molar-refractivity contribution in [1.29, 1.82) is 5.26 Å². The van der Waals surface area contributed by atoms with Crippen molar-refractivity contribution in [3.63, 3.8) is 0 Å². The van der Waals surface area contributed by atoms with E-state index < -0.39 is 0 Å². The highest BCUT2D eigenvalue weighted by molar-refractivity contribution is 7.71. The highest BCUT2D eigenvalue weighted by atomic mass is 35.5. The van der Waals surface area contributed by atoms with Gasteiger partial charge in [-0.15, -0.1) is 5.10 Å². The molecular formula is C23H19ClN6S. The molecule has 0 saturated carbocycles. The first-order chi connectivity index (χ1) is 15.0. The van der Waals surface area contributed by atoms with Gasteiger partial charge in [0.25, 0.3) is 0 Å². The lowest BCUT2D eigenvalue weighted by atomic mass is 10.1. The molecule has 0 unspecified atom stereocenters. The van der Waals surface area contributed by atoms with Gasteiger partial charge >= 0.3 is 0 Å². The van der Waals surface area contributed by atoms with Crippen molar-refractivity contribution in [2.45, 2.75) is 13.2 Å². The minimum absolute atomic E-state index is 0.494. The Kier molecular flexibility index (Phi) is 6.23. The minimum atomic E-state index is 0.494. The van der Waals surface area contributed by atoms with Crippen LogP contribution in [0.4, 0.5) is 0 Å². The van der Waals surface area contributed by atoms with Crippen LogP contribution in [0.3, 0.4) is 0 Å². The van der Waals surface area contributed by atoms with Crippen LogP contribution >= 0.6 is 23.8 Å². The molecule has 2 heterocycles. The topological polar surface area (TPSA) is 62.7 Å². The number of hydrogen-bond donors (Lipinski definition) is 0. The third-order valence-electron chi connectivity index (χ3n) is 4.75. The number of aromatic nitrogens is 4. The lowest BCUT2D eigenvalue weighted by Crippen LogP contribution is -2.22. The Labute approximate surface area is 190 Å². The van der Waals surface area contributed by atoms with Crippen molar-refractivity contribution >= 4 is 23.8 Å². The van der Waals surface area contributed by atoms with E-state index in [4.69, 9.17) is 34.2 Å². The Hall–Kier alpha value is -3.31. The summed E-state index contributed by atoms with van der Waals surface area (Å²) < 4.78 is 4.31. The Morgan fingerprint density at radius 1 is 1.10 bits per heavy atom. The molecule has 31 heavy (non-hydrogen) atoms. The molecule has 0 aliphatic heterocycles. The summed E-state index contributed by atoms with van der Waals surface area (Å²) in [6, 6.07) is 21.1. The smallest absolute Gasteiger partial charge is 0.204 e. The maximum Gasteiger partial charge on any atom is 0.204 e. The van der Waals surface area contributed by atoms with E-state index in [-0.39, 0.29) is 0 Å². The van der Waals surface area contributed by atoms with Crippen LogP contribution in [0, 0.1) is 16.1 Å². The van der Waals surface area contributed by atoms with Crippen molar-refractivity contribution in [2.75, 3.05) is 7.05 Å². The van der Waals surface area contributed by atoms with Crippen LogP contribution in [0.15, 0.2) is 73.1 Å². The summed E-state index contributed by atoms with van der Waals surface area (Å²) in [6.45, 7) is 1.16. The van der Waals surface area contributed by atoms with E-state index in [1.54, 1.807) is 23.1 Å². The predicted octanol–water partition coefficient (Wildman–Crippen LogP) is 5.08. The molecule has 0 atom stereocenters. The van der Waals surface area contributed by atoms with Crippen LogP contribution in [-0.2, 0) is 13.2 Å². The number of rotatable bonds is 6. The van der Waals surface area contributed by atoms with Gasteiger partial charge in [-0.1, -0.05) is 23.7 Å². The molecule has 4 rings (SSSR count). The van der Waals surface area contributed by atoms with Crippen LogP contribution in [0.5, 0.6) is 0 Å². The third kappa shape index (κ3) is 4.72. The van der Waals surface area contributed by atoms with Gasteiger partial charge in [0.05, 0.1) is 24.0 Å². The molecule has 154 valence electrons. The van der Waals surface area contributed by atoms with Gasteiger partial charge in [-0.3, -0.25) is 14.5 Å². The Bertz CT molecular complexity index is 1290. The Morgan fingerprint density at radius 3 is 2.55 bits per heavy atom. The quantitative estimate of drug-likeness (QED) is 0.386. The SMILES string of the molecule is CN(Cc1cccc(C#N)c1)Cn1nc(-c2ccncc2)n(-c2ccc(Cl)cc2)c1=S. The van der Waals surface area contributed by atoms with Gasteiger partial charge in [-0.05, 0) is 73.4 Å². The number of pyridine rings is 1. The molecule has 0 bridgehead atoms. The summed E-state index contributed by atoms with van der Waals surface area (Å²) >= 11 is 11.9. The second-order valence-corrected chi connectivity index (χ2v) is 7.92. The number of halogens is 1. The van der Waals surface area contributed by atoms with E-state index >= 15 is 0 Å². The van der Waals surface area contributed by atoms with Gasteiger partial charge < -0.3 is 0 Å². The van der Waals surface area contributed by atoms with Gasteiger partial charge in [-0.2, -0.15) is 5.26 Å². The fourth-order valence-corrected chi connectivity index (χ4v) is 3.76. The van der Waals surface area contributed by atoms with E-state index in [0.29, 0.717) is 28.6 Å². The second-order valence-electron chi connectivity index (χ2n) is 7.12. The second kappa shape index (κ2) is 9.23. The Morgan fingerprint density at radius 2 is 1.84 bits per heavy atom. The van der Waals surface area contributed by atoms with Crippen molar-refractivity contribution < 1.29 is 0 Å². The molecule has 2 aromatic heterocycles. The molecule has 8 heteroatoms. The molecule has 0 fully saturated rings. The highest BCUT2D eigenvalue weighted by Crippen LogP contribution is 2.23. The average molecular weight is 447 g/mol. The zero-order valence-electron chi connectivity index (χ0n) is 16.8. The summed E-state index contributed by atoms with van der Waals surface area (Å²) in [5.41, 5.74) is 3.50. The van der Waals surface area contributed by atoms with Crippen molar-refractivity contribution in [2.24, 2.45) is 0 Å². The number of nitriles is 1. The summed E-state index contributed by atoms with van der Waals surface area (Å²) in [7, 11) is 1.99. The first-order valence-corrected chi connectivity index (χ1v) is 10.4. The lowest BCUT2D eigenvalue weighted by molar-refractivity contribution is 0.244. The zero-order valence-corrected chi connectivity index (χ0v) is 18.4. The lowest BCUT2D eigenvalue weighted by Gasteiger charge is -2.16. The van der Waals surface area contributed by atoms with E-state index in [1.807, 2.05) is 66.2 Å². The fourth-order valence-electron chi connectivity index (χ4n) is 3.34. The maximum atomic E-state index is 9.13. The molecule has 0 aliphatic carbocycles. The van der Waals surface area contributed by atoms with Crippen molar-refractivity contribution in [3.8, 4) is 23.1 Å². The molecule has 0 N–H and O–H groups in total. The minimum Gasteiger partial charge on any atom is -0.283 e. The zero-order chi connectivity index (χ0) is 21.8. The molecule has 4 aromatic rings. The van der Waals surface area contributed by atoms with Crippen molar-refractivity contribution in [3.05, 3.63) is 94.0 Å². The van der Waals surface area contributed by atoms with Gasteiger partial charge in [0.15, 0.2) is 5.82 Å². The number of benzene rings is 2. The first kappa shape index (κ1) is 20.9. The van der Waals surface area contributed by atoms with Gasteiger partial charge in [0, 0.05) is 29.5 Å². The number of hydrogen-bond acceptors (Lipinski definition) is 5. The molecule has 0 saturated heterocycles. The average Bonchev–Trinajstić information content (AvgIpc) is 3.11. The monoisotopic (exact) mass is 446 g/mol. The molecule has 0 spiro atoms. The van der Waals surface area contributed by atoms with Gasteiger partial charge in [0.1, 0.15) is 0 Å². The van der Waals surface area contributed by atoms with Gasteiger partial charge in [0.2, 0.25) is 4.77 Å². The molecular weight excluding hydrogens is 428 g/mol.